The minimum absolute atomic E-state index is 0.170. The third kappa shape index (κ3) is 3.59. The van der Waals surface area contributed by atoms with Gasteiger partial charge in [-0.25, -0.2) is 0 Å². The molecule has 1 atom stereocenters. The molecule has 0 bridgehead atoms. The first-order valence-corrected chi connectivity index (χ1v) is 7.73. The number of nitrogens with one attached hydrogen (secondary N) is 1. The van der Waals surface area contributed by atoms with Gasteiger partial charge in [-0.15, -0.1) is 0 Å². The lowest BCUT2D eigenvalue weighted by Crippen LogP contribution is -2.51. The molecule has 0 unspecified atom stereocenters. The molecule has 2 fully saturated rings. The number of carbonyl (C=O) groups excluding carboxylic acids is 1. The number of piperidine rings is 1. The number of hydrogen-bond donors (Lipinski definition) is 1. The van der Waals surface area contributed by atoms with Crippen molar-refractivity contribution in [3.8, 4) is 0 Å². The molecule has 0 aliphatic carbocycles. The molecule has 0 aromatic carbocycles. The van der Waals surface area contributed by atoms with E-state index in [0.717, 1.165) is 52.1 Å². The molecular formula is C14H23N5O2. The summed E-state index contributed by atoms with van der Waals surface area (Å²) in [6, 6.07) is 0. The van der Waals surface area contributed by atoms with Crippen molar-refractivity contribution in [2.45, 2.75) is 26.3 Å². The van der Waals surface area contributed by atoms with Crippen molar-refractivity contribution in [1.29, 1.82) is 0 Å². The Hall–Kier alpha value is -1.47. The molecule has 1 N–H and O–H groups in total. The fourth-order valence-electron chi connectivity index (χ4n) is 3.04. The first kappa shape index (κ1) is 14.5. The lowest BCUT2D eigenvalue weighted by molar-refractivity contribution is -0.138. The molecule has 1 aromatic rings. The first-order valence-electron chi connectivity index (χ1n) is 7.73. The zero-order valence-corrected chi connectivity index (χ0v) is 12.5. The Morgan fingerprint density at radius 2 is 2.19 bits per heavy atom. The van der Waals surface area contributed by atoms with Crippen LogP contribution in [-0.4, -0.2) is 65.1 Å². The van der Waals surface area contributed by atoms with Gasteiger partial charge in [0.15, 0.2) is 5.82 Å². The molecule has 0 saturated carbocycles. The van der Waals surface area contributed by atoms with Gasteiger partial charge in [-0.1, -0.05) is 5.16 Å². The van der Waals surface area contributed by atoms with Crippen LogP contribution in [0.15, 0.2) is 4.52 Å². The fourth-order valence-corrected chi connectivity index (χ4v) is 3.04. The monoisotopic (exact) mass is 293 g/mol. The van der Waals surface area contributed by atoms with Gasteiger partial charge in [-0.2, -0.15) is 4.98 Å². The maximum Gasteiger partial charge on any atom is 0.240 e. The van der Waals surface area contributed by atoms with Crippen LogP contribution >= 0.6 is 0 Å². The van der Waals surface area contributed by atoms with Crippen LogP contribution in [0.1, 0.15) is 24.6 Å². The molecule has 3 heterocycles. The summed E-state index contributed by atoms with van der Waals surface area (Å²) in [5.41, 5.74) is 0. The second kappa shape index (κ2) is 6.53. The second-order valence-corrected chi connectivity index (χ2v) is 5.88. The summed E-state index contributed by atoms with van der Waals surface area (Å²) >= 11 is 0. The van der Waals surface area contributed by atoms with Crippen molar-refractivity contribution >= 4 is 5.91 Å². The van der Waals surface area contributed by atoms with Crippen molar-refractivity contribution in [1.82, 2.24) is 25.3 Å². The summed E-state index contributed by atoms with van der Waals surface area (Å²) in [6.07, 6.45) is 2.13. The Morgan fingerprint density at radius 1 is 1.38 bits per heavy atom. The van der Waals surface area contributed by atoms with Crippen molar-refractivity contribution in [3.05, 3.63) is 11.7 Å². The van der Waals surface area contributed by atoms with Gasteiger partial charge < -0.3 is 14.7 Å². The summed E-state index contributed by atoms with van der Waals surface area (Å²) < 4.78 is 5.14. The number of nitrogens with zero attached hydrogens (tertiary/aromatic N) is 4. The molecule has 2 aliphatic heterocycles. The van der Waals surface area contributed by atoms with Gasteiger partial charge in [0.2, 0.25) is 11.8 Å². The average Bonchev–Trinajstić information content (AvgIpc) is 2.93. The molecule has 1 aromatic heterocycles. The number of carbonyl (C=O) groups is 1. The topological polar surface area (TPSA) is 74.5 Å². The Balaban J connectivity index is 1.47. The van der Waals surface area contributed by atoms with Crippen LogP contribution in [0, 0.1) is 12.8 Å². The quantitative estimate of drug-likeness (QED) is 0.847. The first-order chi connectivity index (χ1) is 10.2. The van der Waals surface area contributed by atoms with Crippen molar-refractivity contribution in [3.63, 3.8) is 0 Å². The highest BCUT2D eigenvalue weighted by Crippen LogP contribution is 2.15. The van der Waals surface area contributed by atoms with Crippen LogP contribution in [-0.2, 0) is 11.3 Å². The van der Waals surface area contributed by atoms with Gasteiger partial charge in [0.25, 0.3) is 0 Å². The van der Waals surface area contributed by atoms with E-state index in [1.807, 2.05) is 11.8 Å². The summed E-state index contributed by atoms with van der Waals surface area (Å²) in [5, 5.41) is 7.12. The highest BCUT2D eigenvalue weighted by atomic mass is 16.5. The van der Waals surface area contributed by atoms with Crippen LogP contribution < -0.4 is 5.32 Å². The fraction of sp³-hybridized carbons (Fsp3) is 0.786. The maximum absolute atomic E-state index is 12.4. The highest BCUT2D eigenvalue weighted by molar-refractivity contribution is 5.79. The Morgan fingerprint density at radius 3 is 2.81 bits per heavy atom. The van der Waals surface area contributed by atoms with Crippen molar-refractivity contribution in [2.24, 2.45) is 5.92 Å². The smallest absolute Gasteiger partial charge is 0.240 e. The van der Waals surface area contributed by atoms with E-state index < -0.39 is 0 Å². The van der Waals surface area contributed by atoms with Gasteiger partial charge in [0.05, 0.1) is 12.5 Å². The van der Waals surface area contributed by atoms with Crippen molar-refractivity contribution in [2.75, 3.05) is 39.3 Å². The molecule has 7 nitrogen and oxygen atoms in total. The highest BCUT2D eigenvalue weighted by Gasteiger charge is 2.28. The van der Waals surface area contributed by atoms with Gasteiger partial charge in [0, 0.05) is 32.7 Å². The van der Waals surface area contributed by atoms with E-state index in [1.54, 1.807) is 0 Å². The van der Waals surface area contributed by atoms with E-state index in [4.69, 9.17) is 4.52 Å². The molecule has 116 valence electrons. The SMILES string of the molecule is Cc1noc(CN2CCN(C(=O)[C@@H]3CCCNC3)CC2)n1. The van der Waals surface area contributed by atoms with E-state index in [9.17, 15) is 4.79 Å². The van der Waals surface area contributed by atoms with E-state index in [1.165, 1.54) is 0 Å². The predicted octanol–water partition coefficient (Wildman–Crippen LogP) is 0.0218. The molecular weight excluding hydrogens is 270 g/mol. The standard InChI is InChI=1S/C14H23N5O2/c1-11-16-13(21-17-11)10-18-5-7-19(8-6-18)14(20)12-3-2-4-15-9-12/h12,15H,2-10H2,1H3/t12-/m1/s1. The third-order valence-corrected chi connectivity index (χ3v) is 4.26. The third-order valence-electron chi connectivity index (χ3n) is 4.26. The Bertz CT molecular complexity index is 475. The van der Waals surface area contributed by atoms with Crippen LogP contribution in [0.4, 0.5) is 0 Å². The number of aromatic nitrogens is 2. The van der Waals surface area contributed by atoms with Gasteiger partial charge in [-0.05, 0) is 26.3 Å². The largest absolute Gasteiger partial charge is 0.340 e. The number of hydrogen-bond acceptors (Lipinski definition) is 6. The van der Waals surface area contributed by atoms with E-state index in [-0.39, 0.29) is 5.92 Å². The minimum Gasteiger partial charge on any atom is -0.340 e. The number of aryl methyl sites for hydroxylation is 1. The Kier molecular flexibility index (Phi) is 4.50. The number of rotatable bonds is 3. The molecule has 1 amide bonds. The van der Waals surface area contributed by atoms with Gasteiger partial charge in [0.1, 0.15) is 0 Å². The lowest BCUT2D eigenvalue weighted by atomic mass is 9.98. The molecule has 0 radical (unpaired) electrons. The molecule has 21 heavy (non-hydrogen) atoms. The normalized spacial score (nSPS) is 24.2. The van der Waals surface area contributed by atoms with Gasteiger partial charge >= 0.3 is 0 Å². The summed E-state index contributed by atoms with van der Waals surface area (Å²) in [6.45, 7) is 7.70. The van der Waals surface area contributed by atoms with Crippen LogP contribution in [0.3, 0.4) is 0 Å². The van der Waals surface area contributed by atoms with Crippen LogP contribution in [0.2, 0.25) is 0 Å². The number of amides is 1. The van der Waals surface area contributed by atoms with Crippen molar-refractivity contribution < 1.29 is 9.32 Å². The molecule has 0 spiro atoms. The molecule has 3 rings (SSSR count). The minimum atomic E-state index is 0.170. The van der Waals surface area contributed by atoms with E-state index in [2.05, 4.69) is 20.4 Å². The molecule has 2 aliphatic rings. The summed E-state index contributed by atoms with van der Waals surface area (Å²) in [4.78, 5) is 20.9. The summed E-state index contributed by atoms with van der Waals surface area (Å²) in [7, 11) is 0. The van der Waals surface area contributed by atoms with E-state index >= 15 is 0 Å². The van der Waals surface area contributed by atoms with Gasteiger partial charge in [-0.3, -0.25) is 9.69 Å². The number of piperazine rings is 1. The average molecular weight is 293 g/mol. The van der Waals surface area contributed by atoms with Crippen LogP contribution in [0.25, 0.3) is 0 Å². The molecule has 7 heteroatoms. The van der Waals surface area contributed by atoms with Crippen LogP contribution in [0.5, 0.6) is 0 Å². The predicted molar refractivity (Wildman–Crippen MR) is 76.5 cm³/mol. The zero-order valence-electron chi connectivity index (χ0n) is 12.5. The maximum atomic E-state index is 12.4. The second-order valence-electron chi connectivity index (χ2n) is 5.88. The summed E-state index contributed by atoms with van der Waals surface area (Å²) in [5.74, 6) is 1.81. The van der Waals surface area contributed by atoms with E-state index in [0.29, 0.717) is 24.2 Å². The lowest BCUT2D eigenvalue weighted by Gasteiger charge is -2.36. The molecule has 2 saturated heterocycles. The Labute approximate surface area is 124 Å². The zero-order chi connectivity index (χ0) is 14.7.